The molecule has 6 heteroatoms. The fourth-order valence-electron chi connectivity index (χ4n) is 2.19. The van der Waals surface area contributed by atoms with Crippen molar-refractivity contribution in [3.63, 3.8) is 0 Å². The number of fused-ring (bicyclic) bond motifs is 1. The highest BCUT2D eigenvalue weighted by atomic mass is 32.1. The monoisotopic (exact) mass is 326 g/mol. The molecule has 0 aliphatic heterocycles. The molecular formula is C17H14N2O3S. The lowest BCUT2D eigenvalue weighted by Crippen LogP contribution is -2.13. The maximum atomic E-state index is 12.4. The zero-order chi connectivity index (χ0) is 16.4. The lowest BCUT2D eigenvalue weighted by molar-refractivity contribution is 0.0600. The summed E-state index contributed by atoms with van der Waals surface area (Å²) < 4.78 is 5.66. The van der Waals surface area contributed by atoms with E-state index in [0.29, 0.717) is 16.8 Å². The maximum absolute atomic E-state index is 12.4. The second-order valence-corrected chi connectivity index (χ2v) is 5.90. The van der Waals surface area contributed by atoms with Crippen molar-refractivity contribution in [1.82, 2.24) is 4.98 Å². The predicted octanol–water partition coefficient (Wildman–Crippen LogP) is 3.64. The number of hydrogen-bond acceptors (Lipinski definition) is 5. The normalized spacial score (nSPS) is 10.5. The van der Waals surface area contributed by atoms with Crippen LogP contribution in [0.25, 0.3) is 10.2 Å². The van der Waals surface area contributed by atoms with E-state index in [2.05, 4.69) is 10.3 Å². The Labute approximate surface area is 136 Å². The highest BCUT2D eigenvalue weighted by Crippen LogP contribution is 2.22. The van der Waals surface area contributed by atoms with E-state index < -0.39 is 5.97 Å². The molecule has 5 nitrogen and oxygen atoms in total. The molecule has 1 heterocycles. The van der Waals surface area contributed by atoms with Gasteiger partial charge in [-0.2, -0.15) is 0 Å². The number of amides is 1. The van der Waals surface area contributed by atoms with Crippen LogP contribution < -0.4 is 5.32 Å². The third-order valence-corrected chi connectivity index (χ3v) is 4.29. The van der Waals surface area contributed by atoms with E-state index in [0.717, 1.165) is 15.8 Å². The van der Waals surface area contributed by atoms with E-state index in [-0.39, 0.29) is 5.91 Å². The van der Waals surface area contributed by atoms with Crippen molar-refractivity contribution < 1.29 is 14.3 Å². The molecule has 0 aliphatic carbocycles. The molecule has 0 saturated heterocycles. The van der Waals surface area contributed by atoms with Crippen molar-refractivity contribution in [1.29, 1.82) is 0 Å². The summed E-state index contributed by atoms with van der Waals surface area (Å²) in [4.78, 5) is 28.2. The van der Waals surface area contributed by atoms with Gasteiger partial charge in [-0.25, -0.2) is 9.78 Å². The Morgan fingerprint density at radius 1 is 1.13 bits per heavy atom. The molecule has 0 bridgehead atoms. The molecule has 23 heavy (non-hydrogen) atoms. The van der Waals surface area contributed by atoms with Gasteiger partial charge in [0.05, 0.1) is 28.4 Å². The number of carbonyl (C=O) groups is 2. The number of benzene rings is 2. The molecule has 0 aliphatic rings. The summed E-state index contributed by atoms with van der Waals surface area (Å²) in [6.07, 6.45) is 0. The number of anilines is 1. The van der Waals surface area contributed by atoms with E-state index in [1.165, 1.54) is 18.4 Å². The van der Waals surface area contributed by atoms with Gasteiger partial charge < -0.3 is 10.1 Å². The first-order chi connectivity index (χ1) is 11.1. The van der Waals surface area contributed by atoms with Crippen LogP contribution in [0.15, 0.2) is 41.9 Å². The van der Waals surface area contributed by atoms with Crippen molar-refractivity contribution in [3.8, 4) is 0 Å². The number of methoxy groups -OCH3 is 1. The van der Waals surface area contributed by atoms with Crippen molar-refractivity contribution in [3.05, 3.63) is 58.6 Å². The van der Waals surface area contributed by atoms with E-state index in [1.54, 1.807) is 29.8 Å². The number of aromatic nitrogens is 1. The van der Waals surface area contributed by atoms with Crippen LogP contribution in [0.2, 0.25) is 0 Å². The van der Waals surface area contributed by atoms with Crippen LogP contribution >= 0.6 is 11.3 Å². The van der Waals surface area contributed by atoms with Crippen LogP contribution in [0.3, 0.4) is 0 Å². The average molecular weight is 326 g/mol. The maximum Gasteiger partial charge on any atom is 0.337 e. The number of carbonyl (C=O) groups excluding carboxylic acids is 2. The quantitative estimate of drug-likeness (QED) is 0.746. The Morgan fingerprint density at radius 2 is 1.91 bits per heavy atom. The molecule has 2 aromatic carbocycles. The first-order valence-corrected chi connectivity index (χ1v) is 7.80. The van der Waals surface area contributed by atoms with Gasteiger partial charge in [0.25, 0.3) is 5.91 Å². The lowest BCUT2D eigenvalue weighted by atomic mass is 10.1. The third-order valence-electron chi connectivity index (χ3n) is 3.50. The number of esters is 1. The smallest absolute Gasteiger partial charge is 0.337 e. The van der Waals surface area contributed by atoms with E-state index >= 15 is 0 Å². The Morgan fingerprint density at radius 3 is 2.70 bits per heavy atom. The van der Waals surface area contributed by atoms with Crippen LogP contribution in [-0.4, -0.2) is 24.0 Å². The first-order valence-electron chi connectivity index (χ1n) is 6.92. The number of nitrogens with zero attached hydrogens (tertiary/aromatic N) is 1. The highest BCUT2D eigenvalue weighted by molar-refractivity contribution is 7.16. The SMILES string of the molecule is COC(=O)c1ccc(C)c(NC(=O)c2ccc3ncsc3c2)c1. The summed E-state index contributed by atoms with van der Waals surface area (Å²) in [7, 11) is 1.32. The zero-order valence-corrected chi connectivity index (χ0v) is 13.4. The molecule has 0 radical (unpaired) electrons. The largest absolute Gasteiger partial charge is 0.465 e. The van der Waals surface area contributed by atoms with Gasteiger partial charge in [-0.1, -0.05) is 6.07 Å². The minimum absolute atomic E-state index is 0.231. The van der Waals surface area contributed by atoms with Gasteiger partial charge >= 0.3 is 5.97 Å². The van der Waals surface area contributed by atoms with Gasteiger partial charge in [-0.05, 0) is 42.8 Å². The van der Waals surface area contributed by atoms with Crippen molar-refractivity contribution in [2.45, 2.75) is 6.92 Å². The van der Waals surface area contributed by atoms with Crippen LogP contribution in [0.1, 0.15) is 26.3 Å². The zero-order valence-electron chi connectivity index (χ0n) is 12.6. The topological polar surface area (TPSA) is 68.3 Å². The number of rotatable bonds is 3. The average Bonchev–Trinajstić information content (AvgIpc) is 3.03. The van der Waals surface area contributed by atoms with Gasteiger partial charge in [0.2, 0.25) is 0 Å². The summed E-state index contributed by atoms with van der Waals surface area (Å²) >= 11 is 1.49. The Balaban J connectivity index is 1.88. The number of hydrogen-bond donors (Lipinski definition) is 1. The summed E-state index contributed by atoms with van der Waals surface area (Å²) in [6.45, 7) is 1.86. The number of thiazole rings is 1. The molecule has 0 saturated carbocycles. The molecule has 3 rings (SSSR count). The molecule has 3 aromatic rings. The van der Waals surface area contributed by atoms with Crippen molar-refractivity contribution in [2.75, 3.05) is 12.4 Å². The predicted molar refractivity (Wildman–Crippen MR) is 90.1 cm³/mol. The minimum atomic E-state index is -0.438. The summed E-state index contributed by atoms with van der Waals surface area (Å²) in [5.74, 6) is -0.669. The molecule has 0 atom stereocenters. The van der Waals surface area contributed by atoms with Gasteiger partial charge in [-0.3, -0.25) is 4.79 Å². The third kappa shape index (κ3) is 3.07. The lowest BCUT2D eigenvalue weighted by Gasteiger charge is -2.10. The van der Waals surface area contributed by atoms with Gasteiger partial charge in [0.15, 0.2) is 0 Å². The Hall–Kier alpha value is -2.73. The van der Waals surface area contributed by atoms with Crippen molar-refractivity contribution in [2.24, 2.45) is 0 Å². The molecular weight excluding hydrogens is 312 g/mol. The van der Waals surface area contributed by atoms with Gasteiger partial charge in [0, 0.05) is 11.3 Å². The number of nitrogens with one attached hydrogen (secondary N) is 1. The molecule has 116 valence electrons. The Bertz CT molecular complexity index is 902. The second-order valence-electron chi connectivity index (χ2n) is 5.01. The molecule has 1 amide bonds. The van der Waals surface area contributed by atoms with Crippen molar-refractivity contribution >= 4 is 39.1 Å². The van der Waals surface area contributed by atoms with Crippen LogP contribution in [0.5, 0.6) is 0 Å². The van der Waals surface area contributed by atoms with E-state index in [1.807, 2.05) is 19.1 Å². The van der Waals surface area contributed by atoms with E-state index in [9.17, 15) is 9.59 Å². The fraction of sp³-hybridized carbons (Fsp3) is 0.118. The number of ether oxygens (including phenoxy) is 1. The molecule has 0 spiro atoms. The summed E-state index contributed by atoms with van der Waals surface area (Å²) in [5, 5.41) is 2.84. The number of aryl methyl sites for hydroxylation is 1. The van der Waals surface area contributed by atoms with Crippen LogP contribution in [-0.2, 0) is 4.74 Å². The van der Waals surface area contributed by atoms with Crippen LogP contribution in [0, 0.1) is 6.92 Å². The standard InChI is InChI=1S/C17H14N2O3S/c1-10-3-4-12(17(21)22-2)7-14(10)19-16(20)11-5-6-13-15(8-11)23-9-18-13/h3-9H,1-2H3,(H,19,20). The van der Waals surface area contributed by atoms with E-state index in [4.69, 9.17) is 4.74 Å². The minimum Gasteiger partial charge on any atom is -0.465 e. The summed E-state index contributed by atoms with van der Waals surface area (Å²) in [6, 6.07) is 10.4. The summed E-state index contributed by atoms with van der Waals surface area (Å²) in [5.41, 5.74) is 5.01. The molecule has 1 aromatic heterocycles. The molecule has 1 N–H and O–H groups in total. The Kier molecular flexibility index (Phi) is 4.08. The van der Waals surface area contributed by atoms with Crippen LogP contribution in [0.4, 0.5) is 5.69 Å². The second kappa shape index (κ2) is 6.18. The van der Waals surface area contributed by atoms with Gasteiger partial charge in [0.1, 0.15) is 0 Å². The van der Waals surface area contributed by atoms with Gasteiger partial charge in [-0.15, -0.1) is 11.3 Å². The highest BCUT2D eigenvalue weighted by Gasteiger charge is 2.12. The first kappa shape index (κ1) is 15.2. The fourth-order valence-corrected chi connectivity index (χ4v) is 2.91. The molecule has 0 fully saturated rings. The molecule has 0 unspecified atom stereocenters.